The molecule has 0 radical (unpaired) electrons. The number of halogens is 2. The normalized spacial score (nSPS) is 14.2. The third kappa shape index (κ3) is 6.57. The number of likely N-dealkylation sites (N-methyl/N-ethyl adjacent to an activating group) is 2. The highest BCUT2D eigenvalue weighted by Gasteiger charge is 2.33. The Morgan fingerprint density at radius 3 is 2.41 bits per heavy atom. The molecule has 2 amide bonds. The summed E-state index contributed by atoms with van der Waals surface area (Å²) >= 11 is 0. The number of likely N-dealkylation sites (tertiary alicyclic amines) is 1. The lowest BCUT2D eigenvalue weighted by molar-refractivity contribution is -0.135. The Morgan fingerprint density at radius 2 is 1.81 bits per heavy atom. The summed E-state index contributed by atoms with van der Waals surface area (Å²) in [5, 5.41) is 11.4. The number of amides is 2. The first kappa shape index (κ1) is 27.9. The first-order valence-corrected chi connectivity index (χ1v) is 11.7. The Kier molecular flexibility index (Phi) is 9.47. The number of aliphatic hydroxyl groups is 1. The summed E-state index contributed by atoms with van der Waals surface area (Å²) in [6, 6.07) is 7.38. The van der Waals surface area contributed by atoms with Crippen molar-refractivity contribution >= 4 is 17.6 Å². The van der Waals surface area contributed by atoms with Crippen LogP contribution >= 0.6 is 0 Å². The molecule has 0 bridgehead atoms. The van der Waals surface area contributed by atoms with E-state index in [-0.39, 0.29) is 29.3 Å². The molecule has 1 unspecified atom stereocenters. The molecule has 1 saturated heterocycles. The van der Waals surface area contributed by atoms with Gasteiger partial charge in [-0.25, -0.2) is 8.78 Å². The van der Waals surface area contributed by atoms with Crippen molar-refractivity contribution in [1.29, 1.82) is 0 Å². The van der Waals surface area contributed by atoms with Crippen LogP contribution in [0.2, 0.25) is 0 Å². The first-order valence-electron chi connectivity index (χ1n) is 11.7. The maximum Gasteiger partial charge on any atom is 0.254 e. The molecule has 1 heterocycles. The third-order valence-electron chi connectivity index (χ3n) is 6.02. The van der Waals surface area contributed by atoms with Crippen LogP contribution < -0.4 is 5.32 Å². The molecule has 0 saturated carbocycles. The zero-order valence-electron chi connectivity index (χ0n) is 20.9. The van der Waals surface area contributed by atoms with Gasteiger partial charge in [-0.2, -0.15) is 0 Å². The van der Waals surface area contributed by atoms with Gasteiger partial charge in [0.2, 0.25) is 5.91 Å². The number of aliphatic hydroxyl groups excluding tert-OH is 1. The molecule has 37 heavy (non-hydrogen) atoms. The van der Waals surface area contributed by atoms with Crippen LogP contribution in [-0.4, -0.2) is 85.0 Å². The molecule has 2 aromatic carbocycles. The van der Waals surface area contributed by atoms with Crippen molar-refractivity contribution in [3.05, 3.63) is 70.3 Å². The smallest absolute Gasteiger partial charge is 0.254 e. The predicted molar refractivity (Wildman–Crippen MR) is 132 cm³/mol. The molecule has 1 aliphatic heterocycles. The number of rotatable bonds is 9. The number of ketones is 1. The van der Waals surface area contributed by atoms with E-state index in [1.54, 1.807) is 0 Å². The highest BCUT2D eigenvalue weighted by molar-refractivity contribution is 6.10. The van der Waals surface area contributed by atoms with E-state index < -0.39 is 41.9 Å². The second-order valence-corrected chi connectivity index (χ2v) is 8.56. The molecule has 8 nitrogen and oxygen atoms in total. The van der Waals surface area contributed by atoms with E-state index in [1.807, 2.05) is 11.8 Å². The van der Waals surface area contributed by atoms with Gasteiger partial charge in [0, 0.05) is 57.0 Å². The van der Waals surface area contributed by atoms with Gasteiger partial charge in [-0.15, -0.1) is 0 Å². The van der Waals surface area contributed by atoms with Gasteiger partial charge in [0.05, 0.1) is 11.7 Å². The summed E-state index contributed by atoms with van der Waals surface area (Å²) in [6.45, 7) is 3.28. The van der Waals surface area contributed by atoms with Crippen LogP contribution in [0.3, 0.4) is 0 Å². The van der Waals surface area contributed by atoms with Crippen LogP contribution in [0.1, 0.15) is 34.0 Å². The maximum atomic E-state index is 14.6. The van der Waals surface area contributed by atoms with Gasteiger partial charge < -0.3 is 20.1 Å². The van der Waals surface area contributed by atoms with Gasteiger partial charge in [0.1, 0.15) is 6.61 Å². The van der Waals surface area contributed by atoms with E-state index >= 15 is 0 Å². The van der Waals surface area contributed by atoms with Crippen LogP contribution in [0, 0.1) is 23.5 Å². The van der Waals surface area contributed by atoms with Gasteiger partial charge in [0.25, 0.3) is 5.91 Å². The van der Waals surface area contributed by atoms with E-state index in [1.165, 1.54) is 50.5 Å². The lowest BCUT2D eigenvalue weighted by atomic mass is 10.1. The molecule has 1 atom stereocenters. The minimum absolute atomic E-state index is 0.0899. The molecule has 0 spiro atoms. The summed E-state index contributed by atoms with van der Waals surface area (Å²) in [4.78, 5) is 39.7. The second-order valence-electron chi connectivity index (χ2n) is 8.56. The zero-order valence-corrected chi connectivity index (χ0v) is 20.9. The van der Waals surface area contributed by atoms with Crippen LogP contribution in [0.25, 0.3) is 0 Å². The number of hydrogen-bond acceptors (Lipinski definition) is 6. The number of carbonyl (C=O) groups excluding carboxylic acids is 3. The topological polar surface area (TPSA) is 99.2 Å². The van der Waals surface area contributed by atoms with Gasteiger partial charge in [-0.1, -0.05) is 17.9 Å². The van der Waals surface area contributed by atoms with Crippen molar-refractivity contribution in [2.45, 2.75) is 25.6 Å². The molecule has 1 fully saturated rings. The Hall–Kier alpha value is -3.65. The molecular weight excluding hydrogens is 484 g/mol. The maximum absolute atomic E-state index is 14.6. The van der Waals surface area contributed by atoms with Crippen molar-refractivity contribution in [2.75, 3.05) is 40.4 Å². The number of nitrogens with zero attached hydrogens (tertiary/aromatic N) is 2. The summed E-state index contributed by atoms with van der Waals surface area (Å²) in [6.07, 6.45) is 0.130. The molecule has 3 rings (SSSR count). The predicted octanol–water partition coefficient (Wildman–Crippen LogP) is 1.33. The molecule has 2 N–H and O–H groups in total. The van der Waals surface area contributed by atoms with E-state index in [2.05, 4.69) is 17.2 Å². The Labute approximate surface area is 214 Å². The van der Waals surface area contributed by atoms with Crippen LogP contribution in [-0.2, 0) is 20.9 Å². The lowest BCUT2D eigenvalue weighted by Gasteiger charge is -2.38. The van der Waals surface area contributed by atoms with Gasteiger partial charge in [0.15, 0.2) is 23.5 Å². The number of hydrogen-bond donors (Lipinski definition) is 2. The summed E-state index contributed by atoms with van der Waals surface area (Å²) < 4.78 is 34.7. The monoisotopic (exact) mass is 513 g/mol. The van der Waals surface area contributed by atoms with E-state index in [0.717, 1.165) is 4.90 Å². The number of nitrogens with one attached hydrogen (secondary N) is 1. The van der Waals surface area contributed by atoms with E-state index in [9.17, 15) is 23.2 Å². The van der Waals surface area contributed by atoms with E-state index in [4.69, 9.17) is 9.84 Å². The molecule has 1 aliphatic rings. The largest absolute Gasteiger partial charge is 0.388 e. The average Bonchev–Trinajstić information content (AvgIpc) is 2.89. The standard InChI is InChI=1S/C27H29F2N3O5/c1-4-37-21-14-32(15-21)13-20-12-11-18(23(28)24(20)29)8-5-17-6-9-19(10-7-17)27(36)31(3)25(22(34)16-33)26(35)30-2/h6-7,9-12,21,25,33H,4,13-16H2,1-3H3,(H,30,35). The van der Waals surface area contributed by atoms with Crippen molar-refractivity contribution in [1.82, 2.24) is 15.1 Å². The minimum Gasteiger partial charge on any atom is -0.388 e. The number of carbonyl (C=O) groups is 3. The molecule has 0 aliphatic carbocycles. The lowest BCUT2D eigenvalue weighted by Crippen LogP contribution is -2.52. The molecule has 0 aromatic heterocycles. The molecule has 2 aromatic rings. The fourth-order valence-corrected chi connectivity index (χ4v) is 3.96. The van der Waals surface area contributed by atoms with Gasteiger partial charge in [-0.3, -0.25) is 19.3 Å². The fraction of sp³-hybridized carbons (Fsp3) is 0.370. The highest BCUT2D eigenvalue weighted by Crippen LogP contribution is 2.21. The number of ether oxygens (including phenoxy) is 1. The van der Waals surface area contributed by atoms with Crippen molar-refractivity contribution < 1.29 is 33.0 Å². The number of Topliss-reactive ketones (excluding diaryl/α,β-unsaturated/α-hetero) is 1. The molecule has 10 heteroatoms. The fourth-order valence-electron chi connectivity index (χ4n) is 3.96. The quantitative estimate of drug-likeness (QED) is 0.388. The van der Waals surface area contributed by atoms with Crippen LogP contribution in [0.5, 0.6) is 0 Å². The first-order chi connectivity index (χ1) is 17.7. The molecule has 196 valence electrons. The number of benzene rings is 2. The van der Waals surface area contributed by atoms with Crippen molar-refractivity contribution in [3.8, 4) is 11.8 Å². The van der Waals surface area contributed by atoms with Crippen LogP contribution in [0.15, 0.2) is 36.4 Å². The summed E-state index contributed by atoms with van der Waals surface area (Å²) in [5.74, 6) is 1.25. The second kappa shape index (κ2) is 12.5. The Bertz CT molecular complexity index is 1200. The Balaban J connectivity index is 1.69. The van der Waals surface area contributed by atoms with Gasteiger partial charge in [-0.05, 0) is 37.3 Å². The molecular formula is C27H29F2N3O5. The minimum atomic E-state index is -1.48. The third-order valence-corrected chi connectivity index (χ3v) is 6.02. The average molecular weight is 514 g/mol. The van der Waals surface area contributed by atoms with Crippen LogP contribution in [0.4, 0.5) is 8.78 Å². The summed E-state index contributed by atoms with van der Waals surface area (Å²) in [5.41, 5.74) is 0.777. The van der Waals surface area contributed by atoms with E-state index in [0.29, 0.717) is 25.3 Å². The van der Waals surface area contributed by atoms with Crippen molar-refractivity contribution in [2.24, 2.45) is 0 Å². The van der Waals surface area contributed by atoms with Crippen molar-refractivity contribution in [3.63, 3.8) is 0 Å². The summed E-state index contributed by atoms with van der Waals surface area (Å²) in [7, 11) is 2.60. The Morgan fingerprint density at radius 1 is 1.14 bits per heavy atom. The zero-order chi connectivity index (χ0) is 27.1. The SMILES string of the molecule is CCOC1CN(Cc2ccc(C#Cc3ccc(C(=O)N(C)C(C(=O)CO)C(=O)NC)cc3)c(F)c2F)C1. The van der Waals surface area contributed by atoms with Gasteiger partial charge >= 0.3 is 0 Å². The highest BCUT2D eigenvalue weighted by atomic mass is 19.2.